The van der Waals surface area contributed by atoms with Gasteiger partial charge in [0.25, 0.3) is 0 Å². The van der Waals surface area contributed by atoms with E-state index in [4.69, 9.17) is 34.6 Å². The molecule has 2 heterocycles. The number of aromatic nitrogens is 3. The Bertz CT molecular complexity index is 3840. The predicted octanol–water partition coefficient (Wildman–Crippen LogP) is 17.3. The van der Waals surface area contributed by atoms with Crippen LogP contribution in [0.2, 0.25) is 0 Å². The van der Waals surface area contributed by atoms with E-state index < -0.39 is 74.4 Å². The summed E-state index contributed by atoms with van der Waals surface area (Å²) in [4.78, 5) is 10.2. The summed E-state index contributed by atoms with van der Waals surface area (Å²) in [5.74, 6) is -2.36. The maximum atomic E-state index is 13.2. The number of imidazole rings is 1. The molecule has 336 valence electrons. The van der Waals surface area contributed by atoms with Crippen molar-refractivity contribution in [3.8, 4) is 78.6 Å². The van der Waals surface area contributed by atoms with Crippen molar-refractivity contribution >= 4 is 11.0 Å². The van der Waals surface area contributed by atoms with Gasteiger partial charge in [0.1, 0.15) is 11.6 Å². The molecule has 0 radical (unpaired) electrons. The molecule has 0 saturated heterocycles. The zero-order valence-electron chi connectivity index (χ0n) is 56.0. The highest BCUT2D eigenvalue weighted by Gasteiger charge is 2.31. The summed E-state index contributed by atoms with van der Waals surface area (Å²) in [6, 6.07) is 47.4. The fourth-order valence-electron chi connectivity index (χ4n) is 8.90. The first kappa shape index (κ1) is 28.2. The molecule has 0 aliphatic heterocycles. The Hall–Kier alpha value is -7.04. The third-order valence-electron chi connectivity index (χ3n) is 12.4. The van der Waals surface area contributed by atoms with Crippen LogP contribution in [0.15, 0.2) is 164 Å². The normalized spacial score (nSPS) is 17.2. The van der Waals surface area contributed by atoms with Gasteiger partial charge in [-0.2, -0.15) is 0 Å². The zero-order chi connectivity index (χ0) is 62.4. The molecule has 0 aliphatic carbocycles. The number of aromatic hydroxyl groups is 1. The second-order valence-electron chi connectivity index (χ2n) is 18.0. The molecule has 0 bridgehead atoms. The quantitative estimate of drug-likeness (QED) is 0.157. The molecule has 7 aromatic carbocycles. The van der Waals surface area contributed by atoms with Gasteiger partial charge < -0.3 is 5.11 Å². The van der Waals surface area contributed by atoms with Crippen molar-refractivity contribution in [1.29, 1.82) is 0 Å². The number of fused-ring (bicyclic) bond motifs is 1. The Balaban J connectivity index is 1.52. The van der Waals surface area contributed by atoms with Crippen molar-refractivity contribution in [2.75, 3.05) is 0 Å². The molecule has 0 saturated carbocycles. The molecule has 0 aliphatic rings. The number of pyridine rings is 1. The number of rotatable bonds is 9. The van der Waals surface area contributed by atoms with Crippen molar-refractivity contribution in [1.82, 2.24) is 14.5 Å². The van der Waals surface area contributed by atoms with Gasteiger partial charge in [0.2, 0.25) is 0 Å². The van der Waals surface area contributed by atoms with Gasteiger partial charge in [-0.3, -0.25) is 9.55 Å². The van der Waals surface area contributed by atoms with Crippen LogP contribution in [0.4, 0.5) is 0 Å². The minimum Gasteiger partial charge on any atom is -0.507 e. The Labute approximate surface area is 423 Å². The minimum absolute atomic E-state index is 0.195. The number of phenolic OH excluding ortho intramolecular Hbond substituents is 1. The van der Waals surface area contributed by atoms with Crippen LogP contribution >= 0.6 is 0 Å². The number of benzene rings is 7. The van der Waals surface area contributed by atoms with Gasteiger partial charge in [-0.1, -0.05) is 177 Å². The average molecular weight is 896 g/mol. The second kappa shape index (κ2) is 17.6. The standard InChI is InChI=1S/C63H63N3O/c1-39(2)52-34-47(43-21-16-13-17-22-43)35-53(40(3)4)59(52)66-57-24-18-23-51(58(57)65-61(66)54-37-50(62(6,7)8)38-55(60(54)67)63(9,10)11)48-31-46(42-19-14-12-15-20-42)32-49(33-48)56-36-45(29-30-64-56)44-27-25-41(5)26-28-44/h12-40,67H,1-11H3/i6D3,7D3,8D3,9D3,10D3,11D3. The van der Waals surface area contributed by atoms with Crippen LogP contribution in [0.25, 0.3) is 83.9 Å². The first-order chi connectivity index (χ1) is 39.5. The second-order valence-corrected chi connectivity index (χ2v) is 18.0. The van der Waals surface area contributed by atoms with E-state index in [1.54, 1.807) is 29.0 Å². The van der Waals surface area contributed by atoms with Gasteiger partial charge in [0.05, 0.1) is 28.0 Å². The van der Waals surface area contributed by atoms with E-state index in [1.807, 2.05) is 162 Å². The number of hydrogen-bond donors (Lipinski definition) is 1. The minimum atomic E-state index is -4.14. The number of aryl methyl sites for hydroxylation is 1. The Morgan fingerprint density at radius 2 is 1.10 bits per heavy atom. The Kier molecular flexibility index (Phi) is 7.43. The molecule has 4 heteroatoms. The van der Waals surface area contributed by atoms with Gasteiger partial charge in [0.15, 0.2) is 0 Å². The largest absolute Gasteiger partial charge is 0.507 e. The third kappa shape index (κ3) is 8.86. The number of nitrogens with zero attached hydrogens (tertiary/aromatic N) is 3. The summed E-state index contributed by atoms with van der Waals surface area (Å²) in [6.45, 7) is -14.7. The van der Waals surface area contributed by atoms with Crippen molar-refractivity contribution in [3.05, 3.63) is 192 Å². The van der Waals surface area contributed by atoms with E-state index >= 15 is 0 Å². The highest BCUT2D eigenvalue weighted by atomic mass is 16.3. The van der Waals surface area contributed by atoms with Crippen LogP contribution in [0.3, 0.4) is 0 Å². The van der Waals surface area contributed by atoms with E-state index in [2.05, 4.69) is 0 Å². The van der Waals surface area contributed by atoms with Crippen molar-refractivity contribution in [2.45, 2.75) is 98.4 Å². The SMILES string of the molecule is [2H]C([2H])([2H])C(c1cc(-c2nc3c(-c4cc(-c5ccccc5)cc(-c5cc(-c6ccc(C)cc6)ccn5)c4)cccc3n2-c2c(C(C)C)cc(-c3ccccc3)cc2C(C)C)c(O)c(C(C([2H])([2H])[2H])(C([2H])([2H])[2H])C([2H])([2H])[2H])c1)(C([2H])([2H])[2H])C([2H])([2H])[2H]. The zero-order valence-corrected chi connectivity index (χ0v) is 38.0. The molecule has 0 atom stereocenters. The molecule has 0 fully saturated rings. The van der Waals surface area contributed by atoms with Crippen LogP contribution in [0.1, 0.15) is 133 Å². The lowest BCUT2D eigenvalue weighted by Gasteiger charge is -2.28. The molecule has 0 unspecified atom stereocenters. The summed E-state index contributed by atoms with van der Waals surface area (Å²) in [5.41, 5.74) is -0.635. The molecule has 9 aromatic rings. The molecular weight excluding hydrogens is 815 g/mol. The number of phenols is 1. The van der Waals surface area contributed by atoms with E-state index in [0.717, 1.165) is 45.0 Å². The number of para-hydroxylation sites is 1. The fraction of sp³-hybridized carbons (Fsp3) is 0.238. The van der Waals surface area contributed by atoms with Crippen LogP contribution in [0.5, 0.6) is 5.75 Å². The molecule has 9 rings (SSSR count). The summed E-state index contributed by atoms with van der Waals surface area (Å²) in [7, 11) is 0. The van der Waals surface area contributed by atoms with Crippen molar-refractivity contribution in [2.24, 2.45) is 0 Å². The average Bonchev–Trinajstić information content (AvgIpc) is 1.12. The molecule has 1 N–H and O–H groups in total. The van der Waals surface area contributed by atoms with Crippen molar-refractivity contribution < 1.29 is 29.8 Å². The molecule has 2 aromatic heterocycles. The van der Waals surface area contributed by atoms with Crippen LogP contribution < -0.4 is 0 Å². The maximum absolute atomic E-state index is 13.2. The highest BCUT2D eigenvalue weighted by Crippen LogP contribution is 2.47. The van der Waals surface area contributed by atoms with E-state index in [9.17, 15) is 5.11 Å². The first-order valence-corrected chi connectivity index (χ1v) is 22.3. The molecule has 0 spiro atoms. The summed E-state index contributed by atoms with van der Waals surface area (Å²) in [5, 5.41) is 13.2. The summed E-state index contributed by atoms with van der Waals surface area (Å²) in [6.07, 6.45) is 1.73. The van der Waals surface area contributed by atoms with E-state index in [0.29, 0.717) is 50.8 Å². The molecule has 0 amide bonds. The topological polar surface area (TPSA) is 50.9 Å². The van der Waals surface area contributed by atoms with Gasteiger partial charge >= 0.3 is 0 Å². The van der Waals surface area contributed by atoms with Crippen molar-refractivity contribution in [3.63, 3.8) is 0 Å². The van der Waals surface area contributed by atoms with Gasteiger partial charge in [-0.15, -0.1) is 0 Å². The van der Waals surface area contributed by atoms with Gasteiger partial charge in [0, 0.05) is 47.6 Å². The lowest BCUT2D eigenvalue weighted by atomic mass is 9.78. The van der Waals surface area contributed by atoms with E-state index in [1.165, 1.54) is 0 Å². The fourth-order valence-corrected chi connectivity index (χ4v) is 8.90. The monoisotopic (exact) mass is 896 g/mol. The number of hydrogen-bond acceptors (Lipinski definition) is 3. The molecule has 4 nitrogen and oxygen atoms in total. The Morgan fingerprint density at radius 3 is 1.72 bits per heavy atom. The van der Waals surface area contributed by atoms with E-state index in [-0.39, 0.29) is 23.2 Å². The Morgan fingerprint density at radius 1 is 0.522 bits per heavy atom. The third-order valence-corrected chi connectivity index (χ3v) is 12.4. The lowest BCUT2D eigenvalue weighted by Crippen LogP contribution is -2.17. The van der Waals surface area contributed by atoms with Gasteiger partial charge in [-0.05, 0) is 140 Å². The maximum Gasteiger partial charge on any atom is 0.149 e. The lowest BCUT2D eigenvalue weighted by molar-refractivity contribution is 0.446. The predicted molar refractivity (Wildman–Crippen MR) is 283 cm³/mol. The highest BCUT2D eigenvalue weighted by molar-refractivity contribution is 5.98. The molecule has 67 heavy (non-hydrogen) atoms. The summed E-state index contributed by atoms with van der Waals surface area (Å²) >= 11 is 0. The first-order valence-electron chi connectivity index (χ1n) is 31.3. The van der Waals surface area contributed by atoms with Crippen LogP contribution in [-0.2, 0) is 10.8 Å². The van der Waals surface area contributed by atoms with Gasteiger partial charge in [-0.25, -0.2) is 4.98 Å². The summed E-state index contributed by atoms with van der Waals surface area (Å²) < 4.78 is 161. The molecular formula is C63H63N3O. The van der Waals surface area contributed by atoms with Crippen LogP contribution in [-0.4, -0.2) is 19.6 Å². The smallest absolute Gasteiger partial charge is 0.149 e. The van der Waals surface area contributed by atoms with Crippen LogP contribution in [0, 0.1) is 6.92 Å².